The lowest BCUT2D eigenvalue weighted by molar-refractivity contribution is 0.985. The Morgan fingerprint density at radius 3 is 1.32 bits per heavy atom. The quantitative estimate of drug-likeness (QED) is 0.174. The number of benzene rings is 5. The van der Waals surface area contributed by atoms with Crippen molar-refractivity contribution in [3.63, 3.8) is 0 Å². The predicted octanol–water partition coefficient (Wildman–Crippen LogP) is 11.8. The number of nitriles is 1. The number of nitrogens with zero attached hydrogens (tertiary/aromatic N) is 8. The SMILES string of the molecule is N#Cc1ccc(-c2c(-c3ccccc3)c(-n3c4ccccc4c4ncccc43)nc(-n3c4ccccc4c4ncccc43)c2-n2c3ccccc3c3ncccc32)cc1. The molecule has 7 heterocycles. The first kappa shape index (κ1) is 32.8. The van der Waals surface area contributed by atoms with E-state index in [4.69, 9.17) is 19.9 Å². The summed E-state index contributed by atoms with van der Waals surface area (Å²) in [6.45, 7) is 0. The fourth-order valence-electron chi connectivity index (χ4n) is 9.00. The highest BCUT2D eigenvalue weighted by Crippen LogP contribution is 2.48. The molecule has 0 amide bonds. The second-order valence-electron chi connectivity index (χ2n) is 14.6. The summed E-state index contributed by atoms with van der Waals surface area (Å²) in [7, 11) is 0. The number of pyridine rings is 4. The Balaban J connectivity index is 1.40. The van der Waals surface area contributed by atoms with Crippen LogP contribution in [0.1, 0.15) is 5.56 Å². The first-order valence-corrected chi connectivity index (χ1v) is 19.5. The average molecular weight is 755 g/mol. The number of para-hydroxylation sites is 3. The molecule has 8 nitrogen and oxygen atoms in total. The predicted molar refractivity (Wildman–Crippen MR) is 236 cm³/mol. The van der Waals surface area contributed by atoms with E-state index in [2.05, 4.69) is 147 Å². The molecule has 0 aliphatic carbocycles. The van der Waals surface area contributed by atoms with E-state index in [0.29, 0.717) is 11.4 Å². The molecule has 0 fully saturated rings. The van der Waals surface area contributed by atoms with E-state index in [-0.39, 0.29) is 0 Å². The average Bonchev–Trinajstić information content (AvgIpc) is 3.95. The summed E-state index contributed by atoms with van der Waals surface area (Å²) in [6.07, 6.45) is 5.55. The molecular weight excluding hydrogens is 725 g/mol. The maximum atomic E-state index is 10.0. The number of rotatable bonds is 5. The van der Waals surface area contributed by atoms with Gasteiger partial charge in [-0.3, -0.25) is 24.1 Å². The van der Waals surface area contributed by atoms with Crippen molar-refractivity contribution in [2.24, 2.45) is 0 Å². The van der Waals surface area contributed by atoms with Crippen LogP contribution in [0.4, 0.5) is 0 Å². The first-order chi connectivity index (χ1) is 29.3. The molecule has 5 aromatic carbocycles. The van der Waals surface area contributed by atoms with Crippen LogP contribution in [0.5, 0.6) is 0 Å². The maximum Gasteiger partial charge on any atom is 0.165 e. The van der Waals surface area contributed by atoms with Gasteiger partial charge in [0.2, 0.25) is 0 Å². The van der Waals surface area contributed by atoms with Crippen molar-refractivity contribution in [3.8, 4) is 45.6 Å². The molecule has 12 rings (SSSR count). The lowest BCUT2D eigenvalue weighted by atomic mass is 9.92. The highest BCUT2D eigenvalue weighted by atomic mass is 15.2. The van der Waals surface area contributed by atoms with Crippen molar-refractivity contribution in [2.75, 3.05) is 0 Å². The van der Waals surface area contributed by atoms with Gasteiger partial charge in [0.25, 0.3) is 0 Å². The summed E-state index contributed by atoms with van der Waals surface area (Å²) < 4.78 is 6.86. The lowest BCUT2D eigenvalue weighted by Crippen LogP contribution is -2.13. The summed E-state index contributed by atoms with van der Waals surface area (Å²) in [5.74, 6) is 1.45. The number of hydrogen-bond acceptors (Lipinski definition) is 5. The smallest absolute Gasteiger partial charge is 0.165 e. The number of hydrogen-bond donors (Lipinski definition) is 0. The van der Waals surface area contributed by atoms with E-state index < -0.39 is 0 Å². The van der Waals surface area contributed by atoms with Crippen molar-refractivity contribution in [1.82, 2.24) is 33.6 Å². The molecule has 59 heavy (non-hydrogen) atoms. The van der Waals surface area contributed by atoms with E-state index in [0.717, 1.165) is 99.6 Å². The molecule has 274 valence electrons. The third kappa shape index (κ3) is 4.76. The number of aromatic nitrogens is 7. The second kappa shape index (κ2) is 12.8. The lowest BCUT2D eigenvalue weighted by Gasteiger charge is -2.25. The van der Waals surface area contributed by atoms with Gasteiger partial charge in [-0.2, -0.15) is 5.26 Å². The maximum absolute atomic E-state index is 10.0. The van der Waals surface area contributed by atoms with Gasteiger partial charge >= 0.3 is 0 Å². The van der Waals surface area contributed by atoms with E-state index in [1.54, 1.807) is 0 Å². The molecule has 0 atom stereocenters. The minimum Gasteiger partial charge on any atom is -0.304 e. The Labute approximate surface area is 337 Å². The van der Waals surface area contributed by atoms with Crippen molar-refractivity contribution in [1.29, 1.82) is 5.26 Å². The van der Waals surface area contributed by atoms with Crippen LogP contribution in [-0.4, -0.2) is 33.6 Å². The van der Waals surface area contributed by atoms with Crippen LogP contribution in [-0.2, 0) is 0 Å². The van der Waals surface area contributed by atoms with Crippen molar-refractivity contribution in [3.05, 3.63) is 188 Å². The van der Waals surface area contributed by atoms with Crippen LogP contribution in [0.3, 0.4) is 0 Å². The fraction of sp³-hybridized carbons (Fsp3) is 0. The summed E-state index contributed by atoms with van der Waals surface area (Å²) in [6, 6.07) is 58.4. The van der Waals surface area contributed by atoms with Gasteiger partial charge < -0.3 is 4.57 Å². The minimum atomic E-state index is 0.578. The summed E-state index contributed by atoms with van der Waals surface area (Å²) in [5, 5.41) is 13.1. The highest BCUT2D eigenvalue weighted by Gasteiger charge is 2.31. The Hall–Kier alpha value is -8.41. The zero-order valence-corrected chi connectivity index (χ0v) is 31.4. The second-order valence-corrected chi connectivity index (χ2v) is 14.6. The molecule has 0 saturated heterocycles. The Morgan fingerprint density at radius 2 is 0.797 bits per heavy atom. The molecule has 12 aromatic rings. The van der Waals surface area contributed by atoms with Crippen molar-refractivity contribution < 1.29 is 0 Å². The van der Waals surface area contributed by atoms with Crippen molar-refractivity contribution >= 4 is 65.8 Å². The Kier molecular flexibility index (Phi) is 7.12. The van der Waals surface area contributed by atoms with Crippen LogP contribution in [0.2, 0.25) is 0 Å². The molecule has 0 bridgehead atoms. The number of fused-ring (bicyclic) bond motifs is 9. The van der Waals surface area contributed by atoms with Crippen LogP contribution < -0.4 is 0 Å². The van der Waals surface area contributed by atoms with Gasteiger partial charge in [-0.15, -0.1) is 0 Å². The largest absolute Gasteiger partial charge is 0.304 e. The van der Waals surface area contributed by atoms with Gasteiger partial charge in [0, 0.05) is 45.9 Å². The van der Waals surface area contributed by atoms with Gasteiger partial charge in [0.05, 0.1) is 67.0 Å². The van der Waals surface area contributed by atoms with E-state index >= 15 is 0 Å². The van der Waals surface area contributed by atoms with Gasteiger partial charge in [-0.25, -0.2) is 4.98 Å². The standard InChI is InChI=1S/C51H30N8/c52-31-32-24-26-34(27-25-32)44-45(33-13-2-1-3-14-33)50(58-39-19-8-5-16-36(39)47-42(58)22-11-29-54-47)56-51(59-40-20-9-6-17-37(40)48-43(59)23-12-30-55-48)49(44)57-38-18-7-4-15-35(38)46-41(57)21-10-28-53-46/h1-30H. The van der Waals surface area contributed by atoms with E-state index in [1.165, 1.54) is 0 Å². The molecule has 0 aliphatic rings. The topological polar surface area (TPSA) is 90.1 Å². The minimum absolute atomic E-state index is 0.578. The fourth-order valence-corrected chi connectivity index (χ4v) is 9.00. The summed E-state index contributed by atoms with van der Waals surface area (Å²) in [4.78, 5) is 20.9. The molecule has 8 heteroatoms. The van der Waals surface area contributed by atoms with E-state index in [9.17, 15) is 5.26 Å². The third-order valence-corrected chi connectivity index (χ3v) is 11.4. The highest BCUT2D eigenvalue weighted by molar-refractivity contribution is 6.12. The zero-order chi connectivity index (χ0) is 39.0. The molecule has 0 radical (unpaired) electrons. The van der Waals surface area contributed by atoms with Gasteiger partial charge in [0.15, 0.2) is 5.82 Å². The Bertz CT molecular complexity index is 3520. The van der Waals surface area contributed by atoms with Gasteiger partial charge in [0.1, 0.15) is 5.82 Å². The van der Waals surface area contributed by atoms with Crippen LogP contribution in [0.25, 0.3) is 105 Å². The molecule has 0 saturated carbocycles. The molecular formula is C51H30N8. The zero-order valence-electron chi connectivity index (χ0n) is 31.4. The molecule has 0 unspecified atom stereocenters. The molecule has 0 spiro atoms. The van der Waals surface area contributed by atoms with Crippen LogP contribution >= 0.6 is 0 Å². The van der Waals surface area contributed by atoms with Gasteiger partial charge in [-0.1, -0.05) is 97.1 Å². The van der Waals surface area contributed by atoms with Crippen LogP contribution in [0, 0.1) is 11.3 Å². The molecule has 7 aromatic heterocycles. The van der Waals surface area contributed by atoms with Crippen LogP contribution in [0.15, 0.2) is 182 Å². The van der Waals surface area contributed by atoms with Gasteiger partial charge in [-0.05, 0) is 77.9 Å². The van der Waals surface area contributed by atoms with E-state index in [1.807, 2.05) is 55.0 Å². The monoisotopic (exact) mass is 754 g/mol. The molecule has 0 N–H and O–H groups in total. The molecule has 0 aliphatic heterocycles. The normalized spacial score (nSPS) is 11.7. The first-order valence-electron chi connectivity index (χ1n) is 19.5. The summed E-state index contributed by atoms with van der Waals surface area (Å²) >= 11 is 0. The Morgan fingerprint density at radius 1 is 0.373 bits per heavy atom. The third-order valence-electron chi connectivity index (χ3n) is 11.4. The summed E-state index contributed by atoms with van der Waals surface area (Å²) in [5.41, 5.74) is 13.6. The van der Waals surface area contributed by atoms with Crippen molar-refractivity contribution in [2.45, 2.75) is 0 Å².